The lowest BCUT2D eigenvalue weighted by molar-refractivity contribution is 0.0677. The fourth-order valence-corrected chi connectivity index (χ4v) is 6.19. The van der Waals surface area contributed by atoms with Gasteiger partial charge in [-0.25, -0.2) is 4.98 Å². The molecule has 164 valence electrons. The van der Waals surface area contributed by atoms with E-state index in [0.717, 1.165) is 44.8 Å². The van der Waals surface area contributed by atoms with Crippen LogP contribution in [-0.2, 0) is 0 Å². The largest absolute Gasteiger partial charge is 0.349 e. The molecule has 5 nitrogen and oxygen atoms in total. The maximum atomic E-state index is 12.9. The van der Waals surface area contributed by atoms with Gasteiger partial charge in [-0.2, -0.15) is 0 Å². The summed E-state index contributed by atoms with van der Waals surface area (Å²) in [5.41, 5.74) is 5.18. The van der Waals surface area contributed by atoms with Gasteiger partial charge >= 0.3 is 0 Å². The second-order valence-corrected chi connectivity index (χ2v) is 10.3. The van der Waals surface area contributed by atoms with Gasteiger partial charge in [0.15, 0.2) is 4.96 Å². The summed E-state index contributed by atoms with van der Waals surface area (Å²) in [6, 6.07) is 15.4. The first-order chi connectivity index (χ1) is 15.6. The Morgan fingerprint density at radius 3 is 2.75 bits per heavy atom. The van der Waals surface area contributed by atoms with Gasteiger partial charge in [0.25, 0.3) is 5.91 Å². The van der Waals surface area contributed by atoms with Gasteiger partial charge in [-0.3, -0.25) is 9.20 Å². The molecule has 2 fully saturated rings. The van der Waals surface area contributed by atoms with Crippen LogP contribution in [0.15, 0.2) is 48.7 Å². The number of imidazole rings is 1. The molecule has 0 bridgehead atoms. The van der Waals surface area contributed by atoms with Crippen molar-refractivity contribution in [1.29, 1.82) is 0 Å². The molecule has 2 aliphatic rings. The number of thiazole rings is 1. The van der Waals surface area contributed by atoms with Crippen molar-refractivity contribution in [2.75, 3.05) is 13.1 Å². The van der Waals surface area contributed by atoms with Crippen LogP contribution in [0.25, 0.3) is 26.4 Å². The van der Waals surface area contributed by atoms with Gasteiger partial charge < -0.3 is 10.2 Å². The summed E-state index contributed by atoms with van der Waals surface area (Å²) in [5, 5.41) is 3.25. The zero-order valence-corrected chi connectivity index (χ0v) is 19.2. The Bertz CT molecular complexity index is 1290. The Morgan fingerprint density at radius 2 is 1.94 bits per heavy atom. The van der Waals surface area contributed by atoms with Crippen LogP contribution in [0.1, 0.15) is 48.0 Å². The summed E-state index contributed by atoms with van der Waals surface area (Å²) in [4.78, 5) is 21.3. The highest BCUT2D eigenvalue weighted by Crippen LogP contribution is 2.31. The Hall–Kier alpha value is -2.70. The topological polar surface area (TPSA) is 49.6 Å². The predicted molar refractivity (Wildman–Crippen MR) is 130 cm³/mol. The third kappa shape index (κ3) is 3.61. The molecule has 2 aromatic carbocycles. The lowest BCUT2D eigenvalue weighted by Crippen LogP contribution is -2.54. The van der Waals surface area contributed by atoms with E-state index in [0.29, 0.717) is 12.1 Å². The number of fused-ring (bicyclic) bond motifs is 3. The number of amides is 1. The normalized spacial score (nSPS) is 21.7. The molecule has 0 unspecified atom stereocenters. The van der Waals surface area contributed by atoms with Crippen molar-refractivity contribution in [3.05, 3.63) is 59.8 Å². The highest BCUT2D eigenvalue weighted by atomic mass is 32.1. The number of piperidine rings is 1. The minimum atomic E-state index is 0.0421. The fraction of sp³-hybridized carbons (Fsp3) is 0.385. The summed E-state index contributed by atoms with van der Waals surface area (Å²) in [7, 11) is 0. The number of aryl methyl sites for hydroxylation is 1. The molecule has 1 saturated heterocycles. The fourth-order valence-electron chi connectivity index (χ4n) is 5.14. The van der Waals surface area contributed by atoms with E-state index >= 15 is 0 Å². The number of carbonyl (C=O) groups excluding carboxylic acids is 1. The Morgan fingerprint density at radius 1 is 1.09 bits per heavy atom. The third-order valence-electron chi connectivity index (χ3n) is 7.03. The number of hydrogen-bond acceptors (Lipinski definition) is 4. The number of nitrogens with zero attached hydrogens (tertiary/aromatic N) is 3. The van der Waals surface area contributed by atoms with E-state index in [1.54, 1.807) is 11.3 Å². The molecular formula is C26H28N4OS. The molecule has 3 heterocycles. The summed E-state index contributed by atoms with van der Waals surface area (Å²) in [6.45, 7) is 4.56. The number of benzene rings is 2. The van der Waals surface area contributed by atoms with Gasteiger partial charge in [0.1, 0.15) is 0 Å². The van der Waals surface area contributed by atoms with Gasteiger partial charge in [-0.15, -0.1) is 0 Å². The monoisotopic (exact) mass is 444 g/mol. The van der Waals surface area contributed by atoms with Crippen LogP contribution in [0.2, 0.25) is 0 Å². The number of hydrogen-bond donors (Lipinski definition) is 1. The van der Waals surface area contributed by atoms with Crippen molar-refractivity contribution in [1.82, 2.24) is 19.6 Å². The molecule has 1 saturated carbocycles. The van der Waals surface area contributed by atoms with E-state index in [4.69, 9.17) is 4.98 Å². The molecule has 0 spiro atoms. The van der Waals surface area contributed by atoms with Gasteiger partial charge in [0.2, 0.25) is 0 Å². The average molecular weight is 445 g/mol. The highest BCUT2D eigenvalue weighted by molar-refractivity contribution is 7.23. The number of carbonyl (C=O) groups is 1. The molecule has 1 N–H and O–H groups in total. The van der Waals surface area contributed by atoms with Gasteiger partial charge in [0.05, 0.1) is 15.9 Å². The second-order valence-electron chi connectivity index (χ2n) is 9.33. The number of likely N-dealkylation sites (tertiary alicyclic amines) is 1. The SMILES string of the molecule is Cc1cccc(-c2cn3c(n2)sc2cc(C(=O)N[C@H]4C[C@@H](N5CCCCC5)C4)ccc23)c1. The smallest absolute Gasteiger partial charge is 0.251 e. The number of aromatic nitrogens is 2. The molecule has 6 heteroatoms. The Kier molecular flexibility index (Phi) is 5.00. The van der Waals surface area contributed by atoms with Crippen LogP contribution >= 0.6 is 11.3 Å². The minimum absolute atomic E-state index is 0.0421. The molecule has 0 radical (unpaired) electrons. The lowest BCUT2D eigenvalue weighted by atomic mass is 9.84. The summed E-state index contributed by atoms with van der Waals surface area (Å²) < 4.78 is 3.23. The van der Waals surface area contributed by atoms with Crippen LogP contribution in [-0.4, -0.2) is 45.4 Å². The molecule has 1 aliphatic carbocycles. The quantitative estimate of drug-likeness (QED) is 0.466. The molecule has 4 aromatic rings. The van der Waals surface area contributed by atoms with E-state index in [1.165, 1.54) is 37.9 Å². The highest BCUT2D eigenvalue weighted by Gasteiger charge is 2.35. The molecule has 1 amide bonds. The number of nitrogens with one attached hydrogen (secondary N) is 1. The molecule has 0 atom stereocenters. The van der Waals surface area contributed by atoms with Crippen LogP contribution in [0.5, 0.6) is 0 Å². The van der Waals surface area contributed by atoms with E-state index in [9.17, 15) is 4.79 Å². The Balaban J connectivity index is 1.17. The molecule has 32 heavy (non-hydrogen) atoms. The second kappa shape index (κ2) is 8.01. The Labute approximate surface area is 192 Å². The van der Waals surface area contributed by atoms with Crippen molar-refractivity contribution in [2.24, 2.45) is 0 Å². The van der Waals surface area contributed by atoms with E-state index in [-0.39, 0.29) is 5.91 Å². The van der Waals surface area contributed by atoms with Crippen LogP contribution in [0.3, 0.4) is 0 Å². The first-order valence-electron chi connectivity index (χ1n) is 11.7. The van der Waals surface area contributed by atoms with Gasteiger partial charge in [0, 0.05) is 29.4 Å². The van der Waals surface area contributed by atoms with E-state index < -0.39 is 0 Å². The van der Waals surface area contributed by atoms with Crippen molar-refractivity contribution in [3.8, 4) is 11.3 Å². The number of rotatable bonds is 4. The summed E-state index contributed by atoms with van der Waals surface area (Å²) in [5.74, 6) is 0.0421. The lowest BCUT2D eigenvalue weighted by Gasteiger charge is -2.44. The standard InChI is InChI=1S/C26H28N4OS/c1-17-6-5-7-18(12-17)22-16-30-23-9-8-19(13-24(23)32-26(30)28-22)25(31)27-20-14-21(15-20)29-10-3-2-4-11-29/h5-9,12-13,16,20-21H,2-4,10-11,14-15H2,1H3,(H,27,31)/t20-,21+. The van der Waals surface area contributed by atoms with Crippen LogP contribution in [0.4, 0.5) is 0 Å². The summed E-state index contributed by atoms with van der Waals surface area (Å²) in [6.07, 6.45) is 8.28. The zero-order valence-electron chi connectivity index (χ0n) is 18.4. The van der Waals surface area contributed by atoms with Crippen LogP contribution < -0.4 is 5.32 Å². The predicted octanol–water partition coefficient (Wildman–Crippen LogP) is 5.27. The van der Waals surface area contributed by atoms with Crippen LogP contribution in [0, 0.1) is 6.92 Å². The van der Waals surface area contributed by atoms with Crippen molar-refractivity contribution in [2.45, 2.75) is 51.1 Å². The van der Waals surface area contributed by atoms with Gasteiger partial charge in [-0.1, -0.05) is 41.5 Å². The molecule has 6 rings (SSSR count). The van der Waals surface area contributed by atoms with Gasteiger partial charge in [-0.05, 0) is 70.0 Å². The zero-order chi connectivity index (χ0) is 21.7. The minimum Gasteiger partial charge on any atom is -0.349 e. The maximum Gasteiger partial charge on any atom is 0.251 e. The third-order valence-corrected chi connectivity index (χ3v) is 8.04. The van der Waals surface area contributed by atoms with E-state index in [1.807, 2.05) is 18.2 Å². The molecular weight excluding hydrogens is 416 g/mol. The van der Waals surface area contributed by atoms with E-state index in [2.05, 4.69) is 52.0 Å². The van der Waals surface area contributed by atoms with Crippen molar-refractivity contribution in [3.63, 3.8) is 0 Å². The van der Waals surface area contributed by atoms with Crippen molar-refractivity contribution < 1.29 is 4.79 Å². The maximum absolute atomic E-state index is 12.9. The summed E-state index contributed by atoms with van der Waals surface area (Å²) >= 11 is 1.64. The van der Waals surface area contributed by atoms with Crippen molar-refractivity contribution >= 4 is 32.4 Å². The molecule has 1 aliphatic heterocycles. The first kappa shape index (κ1) is 19.9. The molecule has 2 aromatic heterocycles. The average Bonchev–Trinajstić information content (AvgIpc) is 3.34. The first-order valence-corrected chi connectivity index (χ1v) is 12.5.